The molecule has 110 valence electrons. The van der Waals surface area contributed by atoms with E-state index < -0.39 is 0 Å². The zero-order valence-electron chi connectivity index (χ0n) is 11.8. The number of rotatable bonds is 4. The molecule has 0 saturated heterocycles. The Balaban J connectivity index is 1.59. The largest absolute Gasteiger partial charge is 0.497 e. The fourth-order valence-electron chi connectivity index (χ4n) is 2.71. The van der Waals surface area contributed by atoms with Gasteiger partial charge in [-0.05, 0) is 54.7 Å². The first-order valence-electron chi connectivity index (χ1n) is 7.01. The van der Waals surface area contributed by atoms with Crippen molar-refractivity contribution in [1.29, 1.82) is 0 Å². The molecule has 1 aliphatic rings. The number of hydrogen-bond donors (Lipinski definition) is 1. The van der Waals surface area contributed by atoms with Crippen LogP contribution in [0.5, 0.6) is 5.75 Å². The highest BCUT2D eigenvalue weighted by Gasteiger charge is 2.30. The van der Waals surface area contributed by atoms with E-state index in [1.165, 1.54) is 5.56 Å². The van der Waals surface area contributed by atoms with Gasteiger partial charge in [0.2, 0.25) is 0 Å². The molecule has 0 unspecified atom stereocenters. The van der Waals surface area contributed by atoms with Crippen LogP contribution in [0.25, 0.3) is 0 Å². The number of benzene rings is 2. The van der Waals surface area contributed by atoms with Crippen LogP contribution in [-0.4, -0.2) is 13.2 Å². The van der Waals surface area contributed by atoms with Gasteiger partial charge in [0.1, 0.15) is 5.75 Å². The monoisotopic (exact) mass is 321 g/mol. The van der Waals surface area contributed by atoms with Gasteiger partial charge in [-0.25, -0.2) is 0 Å². The summed E-state index contributed by atoms with van der Waals surface area (Å²) < 4.78 is 5.19. The lowest BCUT2D eigenvalue weighted by Crippen LogP contribution is -2.34. The molecule has 1 N–H and O–H groups in total. The fourth-order valence-corrected chi connectivity index (χ4v) is 3.06. The molecule has 0 amide bonds. The highest BCUT2D eigenvalue weighted by Crippen LogP contribution is 2.40. The third kappa shape index (κ3) is 3.28. The van der Waals surface area contributed by atoms with Crippen LogP contribution in [0.3, 0.4) is 0 Å². The van der Waals surface area contributed by atoms with Gasteiger partial charge < -0.3 is 10.1 Å². The van der Waals surface area contributed by atoms with E-state index >= 15 is 0 Å². The van der Waals surface area contributed by atoms with Crippen LogP contribution in [0.4, 0.5) is 5.69 Å². The summed E-state index contributed by atoms with van der Waals surface area (Å²) in [5.74, 6) is 1.50. The molecule has 0 radical (unpaired) electrons. The molecule has 21 heavy (non-hydrogen) atoms. The zero-order valence-corrected chi connectivity index (χ0v) is 13.3. The molecule has 2 aromatic carbocycles. The molecule has 1 fully saturated rings. The van der Waals surface area contributed by atoms with E-state index in [0.29, 0.717) is 22.0 Å². The summed E-state index contributed by atoms with van der Waals surface area (Å²) in [6, 6.07) is 14.3. The van der Waals surface area contributed by atoms with Gasteiger partial charge in [0.05, 0.1) is 17.8 Å². The summed E-state index contributed by atoms with van der Waals surface area (Å²) in [4.78, 5) is 0. The third-order valence-corrected chi connectivity index (χ3v) is 4.58. The van der Waals surface area contributed by atoms with Crippen LogP contribution in [0.15, 0.2) is 42.5 Å². The second kappa shape index (κ2) is 6.17. The molecule has 0 bridgehead atoms. The molecular formula is C17H17Cl2NO. The molecule has 2 nitrogen and oxygen atoms in total. The van der Waals surface area contributed by atoms with Gasteiger partial charge in [-0.3, -0.25) is 0 Å². The van der Waals surface area contributed by atoms with E-state index in [-0.39, 0.29) is 0 Å². The molecule has 0 spiro atoms. The highest BCUT2D eigenvalue weighted by molar-refractivity contribution is 6.35. The smallest absolute Gasteiger partial charge is 0.118 e. The standard InChI is InChI=1S/C17H17Cl2NO/c1-21-15-5-2-11(3-6-15)12-8-14(9-12)20-17-10-13(18)4-7-16(17)19/h2-7,10,12,14,20H,8-9H2,1H3. The zero-order chi connectivity index (χ0) is 14.8. The van der Waals surface area contributed by atoms with Crippen molar-refractivity contribution in [1.82, 2.24) is 0 Å². The normalized spacial score (nSPS) is 20.7. The second-order valence-electron chi connectivity index (χ2n) is 5.41. The number of halogens is 2. The Morgan fingerprint density at radius 3 is 2.43 bits per heavy atom. The van der Waals surface area contributed by atoms with Crippen LogP contribution < -0.4 is 10.1 Å². The van der Waals surface area contributed by atoms with Gasteiger partial charge in [-0.15, -0.1) is 0 Å². The Morgan fingerprint density at radius 2 is 1.76 bits per heavy atom. The third-order valence-electron chi connectivity index (χ3n) is 4.01. The van der Waals surface area contributed by atoms with Crippen molar-refractivity contribution in [3.8, 4) is 5.75 Å². The van der Waals surface area contributed by atoms with Crippen molar-refractivity contribution in [3.63, 3.8) is 0 Å². The first kappa shape index (κ1) is 14.6. The minimum Gasteiger partial charge on any atom is -0.497 e. The Morgan fingerprint density at radius 1 is 1.05 bits per heavy atom. The summed E-state index contributed by atoms with van der Waals surface area (Å²) in [7, 11) is 1.69. The van der Waals surface area contributed by atoms with E-state index in [4.69, 9.17) is 27.9 Å². The van der Waals surface area contributed by atoms with E-state index in [1.807, 2.05) is 24.3 Å². The van der Waals surface area contributed by atoms with E-state index in [9.17, 15) is 0 Å². The Bertz CT molecular complexity index is 621. The number of methoxy groups -OCH3 is 1. The van der Waals surface area contributed by atoms with Gasteiger partial charge in [-0.1, -0.05) is 35.3 Å². The molecule has 3 rings (SSSR count). The van der Waals surface area contributed by atoms with E-state index in [1.54, 1.807) is 13.2 Å². The molecular weight excluding hydrogens is 305 g/mol. The first-order chi connectivity index (χ1) is 10.2. The number of nitrogens with one attached hydrogen (secondary N) is 1. The first-order valence-corrected chi connectivity index (χ1v) is 7.77. The Labute approximate surface area is 135 Å². The van der Waals surface area contributed by atoms with Crippen molar-refractivity contribution in [2.75, 3.05) is 12.4 Å². The topological polar surface area (TPSA) is 21.3 Å². The predicted octanol–water partition coefficient (Wildman–Crippen LogP) is 5.36. The summed E-state index contributed by atoms with van der Waals surface area (Å²) >= 11 is 12.2. The van der Waals surface area contributed by atoms with Crippen molar-refractivity contribution < 1.29 is 4.74 Å². The van der Waals surface area contributed by atoms with E-state index in [2.05, 4.69) is 17.4 Å². The van der Waals surface area contributed by atoms with Crippen LogP contribution in [-0.2, 0) is 0 Å². The summed E-state index contributed by atoms with van der Waals surface area (Å²) in [6.45, 7) is 0. The van der Waals surface area contributed by atoms with Crippen LogP contribution in [0.2, 0.25) is 10.0 Å². The predicted molar refractivity (Wildman–Crippen MR) is 88.8 cm³/mol. The molecule has 2 aromatic rings. The van der Waals surface area contributed by atoms with E-state index in [0.717, 1.165) is 24.3 Å². The van der Waals surface area contributed by atoms with Crippen LogP contribution in [0, 0.1) is 0 Å². The van der Waals surface area contributed by atoms with Crippen molar-refractivity contribution >= 4 is 28.9 Å². The molecule has 0 atom stereocenters. The van der Waals surface area contributed by atoms with Gasteiger partial charge in [0.25, 0.3) is 0 Å². The average molecular weight is 322 g/mol. The number of anilines is 1. The minimum atomic E-state index is 0.452. The SMILES string of the molecule is COc1ccc(C2CC(Nc3cc(Cl)ccc3Cl)C2)cc1. The molecule has 1 aliphatic carbocycles. The molecule has 0 heterocycles. The maximum absolute atomic E-state index is 6.17. The van der Waals surface area contributed by atoms with Gasteiger partial charge in [-0.2, -0.15) is 0 Å². The van der Waals surface area contributed by atoms with Gasteiger partial charge in [0.15, 0.2) is 0 Å². The number of ether oxygens (including phenoxy) is 1. The summed E-state index contributed by atoms with van der Waals surface area (Å²) in [6.07, 6.45) is 2.21. The van der Waals surface area contributed by atoms with Crippen LogP contribution >= 0.6 is 23.2 Å². The second-order valence-corrected chi connectivity index (χ2v) is 6.25. The molecule has 4 heteroatoms. The molecule has 1 saturated carbocycles. The maximum Gasteiger partial charge on any atom is 0.118 e. The van der Waals surface area contributed by atoms with Gasteiger partial charge in [0, 0.05) is 11.1 Å². The molecule has 0 aliphatic heterocycles. The van der Waals surface area contributed by atoms with Crippen molar-refractivity contribution in [2.24, 2.45) is 0 Å². The fraction of sp³-hybridized carbons (Fsp3) is 0.294. The average Bonchev–Trinajstić information content (AvgIpc) is 2.46. The summed E-state index contributed by atoms with van der Waals surface area (Å²) in [5.41, 5.74) is 2.29. The highest BCUT2D eigenvalue weighted by atomic mass is 35.5. The molecule has 0 aromatic heterocycles. The number of hydrogen-bond acceptors (Lipinski definition) is 2. The van der Waals surface area contributed by atoms with Crippen LogP contribution in [0.1, 0.15) is 24.3 Å². The lowest BCUT2D eigenvalue weighted by molar-refractivity contribution is 0.373. The lowest BCUT2D eigenvalue weighted by Gasteiger charge is -2.37. The maximum atomic E-state index is 6.17. The minimum absolute atomic E-state index is 0.452. The van der Waals surface area contributed by atoms with Crippen molar-refractivity contribution in [2.45, 2.75) is 24.8 Å². The van der Waals surface area contributed by atoms with Gasteiger partial charge >= 0.3 is 0 Å². The van der Waals surface area contributed by atoms with Crippen molar-refractivity contribution in [3.05, 3.63) is 58.1 Å². The Hall–Kier alpha value is -1.38. The lowest BCUT2D eigenvalue weighted by atomic mass is 9.76. The quantitative estimate of drug-likeness (QED) is 0.818. The summed E-state index contributed by atoms with van der Waals surface area (Å²) in [5, 5.41) is 4.89. The Kier molecular flexibility index (Phi) is 4.27.